The number of methoxy groups -OCH3 is 1. The summed E-state index contributed by atoms with van der Waals surface area (Å²) in [6.07, 6.45) is 0.111. The predicted octanol–water partition coefficient (Wildman–Crippen LogP) is 2.70. The molecular formula is C10H10BrF2NO2. The molecule has 0 unspecified atom stereocenters. The molecular weight excluding hydrogens is 284 g/mol. The highest BCUT2D eigenvalue weighted by Crippen LogP contribution is 2.26. The largest absolute Gasteiger partial charge is 0.469 e. The zero-order valence-corrected chi connectivity index (χ0v) is 10.1. The zero-order valence-electron chi connectivity index (χ0n) is 8.52. The summed E-state index contributed by atoms with van der Waals surface area (Å²) < 4.78 is 30.7. The van der Waals surface area contributed by atoms with E-state index in [1.807, 2.05) is 0 Å². The van der Waals surface area contributed by atoms with Crippen LogP contribution in [0.4, 0.5) is 14.5 Å². The van der Waals surface area contributed by atoms with Gasteiger partial charge in [-0.3, -0.25) is 4.79 Å². The van der Waals surface area contributed by atoms with Crippen molar-refractivity contribution < 1.29 is 18.3 Å². The number of hydrogen-bond acceptors (Lipinski definition) is 3. The minimum Gasteiger partial charge on any atom is -0.469 e. The summed E-state index contributed by atoms with van der Waals surface area (Å²) in [5.41, 5.74) is 0.130. The Balaban J connectivity index is 2.64. The Morgan fingerprint density at radius 3 is 2.75 bits per heavy atom. The molecule has 0 amide bonds. The lowest BCUT2D eigenvalue weighted by molar-refractivity contribution is -0.140. The normalized spacial score (nSPS) is 10.0. The topological polar surface area (TPSA) is 38.3 Å². The molecule has 0 aliphatic heterocycles. The number of carbonyl (C=O) groups excluding carboxylic acids is 1. The molecule has 0 saturated carbocycles. The number of halogens is 3. The van der Waals surface area contributed by atoms with Crippen molar-refractivity contribution in [1.82, 2.24) is 0 Å². The highest BCUT2D eigenvalue weighted by Gasteiger charge is 2.09. The van der Waals surface area contributed by atoms with E-state index < -0.39 is 17.6 Å². The molecule has 1 rings (SSSR count). The number of anilines is 1. The molecule has 0 heterocycles. The highest BCUT2D eigenvalue weighted by molar-refractivity contribution is 9.10. The summed E-state index contributed by atoms with van der Waals surface area (Å²) >= 11 is 3.02. The van der Waals surface area contributed by atoms with Crippen LogP contribution in [0.15, 0.2) is 16.6 Å². The van der Waals surface area contributed by atoms with E-state index in [1.165, 1.54) is 7.11 Å². The third-order valence-electron chi connectivity index (χ3n) is 1.87. The van der Waals surface area contributed by atoms with Gasteiger partial charge in [-0.15, -0.1) is 0 Å². The van der Waals surface area contributed by atoms with Crippen LogP contribution in [-0.2, 0) is 9.53 Å². The van der Waals surface area contributed by atoms with Gasteiger partial charge in [-0.05, 0) is 22.0 Å². The van der Waals surface area contributed by atoms with Gasteiger partial charge in [-0.1, -0.05) is 0 Å². The van der Waals surface area contributed by atoms with E-state index in [9.17, 15) is 13.6 Å². The van der Waals surface area contributed by atoms with Crippen molar-refractivity contribution >= 4 is 27.6 Å². The Morgan fingerprint density at radius 2 is 2.19 bits per heavy atom. The van der Waals surface area contributed by atoms with E-state index in [2.05, 4.69) is 26.0 Å². The van der Waals surface area contributed by atoms with Gasteiger partial charge in [0.15, 0.2) is 0 Å². The molecule has 0 spiro atoms. The second-order valence-electron chi connectivity index (χ2n) is 3.00. The van der Waals surface area contributed by atoms with Gasteiger partial charge in [-0.25, -0.2) is 8.78 Å². The van der Waals surface area contributed by atoms with Crippen LogP contribution < -0.4 is 5.32 Å². The molecule has 0 fully saturated rings. The highest BCUT2D eigenvalue weighted by atomic mass is 79.9. The van der Waals surface area contributed by atoms with Crippen molar-refractivity contribution in [3.05, 3.63) is 28.2 Å². The van der Waals surface area contributed by atoms with Crippen molar-refractivity contribution in [2.24, 2.45) is 0 Å². The average molecular weight is 294 g/mol. The lowest BCUT2D eigenvalue weighted by atomic mass is 10.3. The first-order valence-electron chi connectivity index (χ1n) is 4.50. The molecule has 0 atom stereocenters. The fraction of sp³-hybridized carbons (Fsp3) is 0.300. The Kier molecular flexibility index (Phi) is 4.67. The van der Waals surface area contributed by atoms with Crippen molar-refractivity contribution in [1.29, 1.82) is 0 Å². The van der Waals surface area contributed by atoms with E-state index in [0.717, 1.165) is 12.1 Å². The Morgan fingerprint density at radius 1 is 1.50 bits per heavy atom. The first kappa shape index (κ1) is 12.9. The summed E-state index contributed by atoms with van der Waals surface area (Å²) in [6.45, 7) is 0.216. The van der Waals surface area contributed by atoms with Gasteiger partial charge >= 0.3 is 5.97 Å². The van der Waals surface area contributed by atoms with Crippen molar-refractivity contribution in [3.63, 3.8) is 0 Å². The van der Waals surface area contributed by atoms with Crippen LogP contribution in [0, 0.1) is 11.6 Å². The fourth-order valence-corrected chi connectivity index (χ4v) is 1.65. The number of rotatable bonds is 4. The number of ether oxygens (including phenoxy) is 1. The Bertz CT molecular complexity index is 375. The molecule has 0 aromatic heterocycles. The zero-order chi connectivity index (χ0) is 12.1. The average Bonchev–Trinajstić information content (AvgIpc) is 2.21. The summed E-state index contributed by atoms with van der Waals surface area (Å²) in [7, 11) is 1.27. The summed E-state index contributed by atoms with van der Waals surface area (Å²) in [5.74, 6) is -1.77. The third-order valence-corrected chi connectivity index (χ3v) is 2.49. The van der Waals surface area contributed by atoms with Crippen LogP contribution in [0.3, 0.4) is 0 Å². The molecule has 0 aliphatic rings. The van der Waals surface area contributed by atoms with Crippen LogP contribution >= 0.6 is 15.9 Å². The van der Waals surface area contributed by atoms with Crippen LogP contribution in [0.5, 0.6) is 0 Å². The maximum Gasteiger partial charge on any atom is 0.307 e. The molecule has 0 aliphatic carbocycles. The molecule has 0 saturated heterocycles. The molecule has 0 bridgehead atoms. The number of nitrogens with one attached hydrogen (secondary N) is 1. The first-order chi connectivity index (χ1) is 7.54. The second-order valence-corrected chi connectivity index (χ2v) is 3.85. The van der Waals surface area contributed by atoms with E-state index in [4.69, 9.17) is 0 Å². The van der Waals surface area contributed by atoms with Crippen molar-refractivity contribution in [2.45, 2.75) is 6.42 Å². The van der Waals surface area contributed by atoms with Crippen LogP contribution in [0.25, 0.3) is 0 Å². The van der Waals surface area contributed by atoms with Gasteiger partial charge in [0.05, 0.1) is 19.2 Å². The summed E-state index contributed by atoms with van der Waals surface area (Å²) in [6, 6.07) is 1.91. The van der Waals surface area contributed by atoms with Gasteiger partial charge < -0.3 is 10.1 Å². The maximum absolute atomic E-state index is 13.3. The first-order valence-corrected chi connectivity index (χ1v) is 5.29. The van der Waals surface area contributed by atoms with Gasteiger partial charge in [0.2, 0.25) is 0 Å². The molecule has 1 N–H and O–H groups in total. The molecule has 0 radical (unpaired) electrons. The van der Waals surface area contributed by atoms with E-state index in [1.54, 1.807) is 0 Å². The van der Waals surface area contributed by atoms with E-state index >= 15 is 0 Å². The maximum atomic E-state index is 13.3. The molecule has 3 nitrogen and oxygen atoms in total. The minimum atomic E-state index is -0.711. The van der Waals surface area contributed by atoms with Crippen molar-refractivity contribution in [3.8, 4) is 0 Å². The molecule has 1 aromatic rings. The second kappa shape index (κ2) is 5.79. The van der Waals surface area contributed by atoms with E-state index in [0.29, 0.717) is 0 Å². The minimum absolute atomic E-state index is 0.111. The number of hydrogen-bond donors (Lipinski definition) is 1. The van der Waals surface area contributed by atoms with Crippen LogP contribution in [0.1, 0.15) is 6.42 Å². The number of carbonyl (C=O) groups is 1. The molecule has 88 valence electrons. The quantitative estimate of drug-likeness (QED) is 0.868. The van der Waals surface area contributed by atoms with E-state index in [-0.39, 0.29) is 23.1 Å². The summed E-state index contributed by atoms with van der Waals surface area (Å²) in [4.78, 5) is 10.8. The predicted molar refractivity (Wildman–Crippen MR) is 59.2 cm³/mol. The van der Waals surface area contributed by atoms with Gasteiger partial charge in [0.1, 0.15) is 11.6 Å². The Labute approximate surface area is 99.9 Å². The SMILES string of the molecule is COC(=O)CCNc1c(F)cc(F)cc1Br. The summed E-state index contributed by atoms with van der Waals surface area (Å²) in [5, 5.41) is 2.68. The number of esters is 1. The van der Waals surface area contributed by atoms with Gasteiger partial charge in [0.25, 0.3) is 0 Å². The standard InChI is InChI=1S/C10H10BrF2NO2/c1-16-9(15)2-3-14-10-7(11)4-6(12)5-8(10)13/h4-5,14H,2-3H2,1H3. The third kappa shape index (κ3) is 3.44. The molecule has 16 heavy (non-hydrogen) atoms. The molecule has 6 heteroatoms. The van der Waals surface area contributed by atoms with Gasteiger partial charge in [0, 0.05) is 17.1 Å². The van der Waals surface area contributed by atoms with Crippen LogP contribution in [0.2, 0.25) is 0 Å². The molecule has 1 aromatic carbocycles. The van der Waals surface area contributed by atoms with Crippen LogP contribution in [-0.4, -0.2) is 19.6 Å². The number of benzene rings is 1. The lowest BCUT2D eigenvalue weighted by Gasteiger charge is -2.09. The fourth-order valence-electron chi connectivity index (χ4n) is 1.10. The lowest BCUT2D eigenvalue weighted by Crippen LogP contribution is -2.11. The van der Waals surface area contributed by atoms with Crippen molar-refractivity contribution in [2.75, 3.05) is 19.0 Å². The monoisotopic (exact) mass is 293 g/mol. The van der Waals surface area contributed by atoms with Gasteiger partial charge in [-0.2, -0.15) is 0 Å². The Hall–Kier alpha value is -1.17. The smallest absolute Gasteiger partial charge is 0.307 e.